The number of aromatic amines is 1. The Balaban J connectivity index is 1.47. The van der Waals surface area contributed by atoms with Crippen LogP contribution in [0.25, 0.3) is 22.4 Å². The number of rotatable bonds is 7. The zero-order valence-electron chi connectivity index (χ0n) is 17.5. The van der Waals surface area contributed by atoms with E-state index < -0.39 is 0 Å². The summed E-state index contributed by atoms with van der Waals surface area (Å²) in [6.07, 6.45) is 3.91. The number of fused-ring (bicyclic) bond motifs is 1. The molecule has 0 bridgehead atoms. The molecule has 1 fully saturated rings. The number of imidazole rings is 1. The van der Waals surface area contributed by atoms with Gasteiger partial charge in [-0.2, -0.15) is 0 Å². The predicted molar refractivity (Wildman–Crippen MR) is 124 cm³/mol. The van der Waals surface area contributed by atoms with Gasteiger partial charge in [-0.3, -0.25) is 4.90 Å². The van der Waals surface area contributed by atoms with E-state index in [9.17, 15) is 0 Å². The average Bonchev–Trinajstić information content (AvgIpc) is 3.18. The van der Waals surface area contributed by atoms with Gasteiger partial charge in [0.2, 0.25) is 0 Å². The summed E-state index contributed by atoms with van der Waals surface area (Å²) in [6, 6.07) is 14.4. The molecule has 4 nitrogen and oxygen atoms in total. The van der Waals surface area contributed by atoms with Crippen molar-refractivity contribution in [1.29, 1.82) is 0 Å². The van der Waals surface area contributed by atoms with E-state index in [0.717, 1.165) is 59.5 Å². The number of aromatic nitrogens is 2. The van der Waals surface area contributed by atoms with Crippen molar-refractivity contribution in [2.24, 2.45) is 5.92 Å². The first-order chi connectivity index (χ1) is 14.2. The predicted octanol–water partition coefficient (Wildman–Crippen LogP) is 5.83. The van der Waals surface area contributed by atoms with Crippen LogP contribution in [-0.2, 0) is 0 Å². The van der Waals surface area contributed by atoms with E-state index in [0.29, 0.717) is 0 Å². The second kappa shape index (κ2) is 9.19. The van der Waals surface area contributed by atoms with Crippen molar-refractivity contribution < 1.29 is 0 Å². The van der Waals surface area contributed by atoms with Crippen LogP contribution in [0.1, 0.15) is 33.1 Å². The zero-order valence-corrected chi connectivity index (χ0v) is 18.3. The van der Waals surface area contributed by atoms with Crippen LogP contribution in [-0.4, -0.2) is 47.6 Å². The Labute approximate surface area is 178 Å². The van der Waals surface area contributed by atoms with Gasteiger partial charge < -0.3 is 9.88 Å². The highest BCUT2D eigenvalue weighted by Crippen LogP contribution is 2.32. The molecule has 1 atom stereocenters. The second-order valence-electron chi connectivity index (χ2n) is 8.12. The smallest absolute Gasteiger partial charge is 0.140 e. The maximum absolute atomic E-state index is 6.54. The molecule has 3 aromatic rings. The molecular weight excluding hydrogens is 380 g/mol. The Bertz CT molecular complexity index is 910. The lowest BCUT2D eigenvalue weighted by atomic mass is 10.00. The van der Waals surface area contributed by atoms with Crippen LogP contribution in [0.4, 0.5) is 5.69 Å². The molecule has 2 aromatic carbocycles. The first-order valence-electron chi connectivity index (χ1n) is 10.9. The van der Waals surface area contributed by atoms with Gasteiger partial charge in [-0.15, -0.1) is 0 Å². The lowest BCUT2D eigenvalue weighted by Crippen LogP contribution is -2.47. The summed E-state index contributed by atoms with van der Waals surface area (Å²) in [4.78, 5) is 13.2. The van der Waals surface area contributed by atoms with E-state index in [-0.39, 0.29) is 0 Å². The number of benzene rings is 2. The zero-order chi connectivity index (χ0) is 20.2. The molecule has 4 rings (SSSR count). The van der Waals surface area contributed by atoms with Gasteiger partial charge in [0.15, 0.2) is 0 Å². The molecule has 29 heavy (non-hydrogen) atoms. The molecule has 1 aliphatic heterocycles. The summed E-state index contributed by atoms with van der Waals surface area (Å²) < 4.78 is 0. The summed E-state index contributed by atoms with van der Waals surface area (Å²) >= 11 is 6.54. The Hall–Kier alpha value is -2.04. The minimum absolute atomic E-state index is 0.733. The van der Waals surface area contributed by atoms with Crippen molar-refractivity contribution in [3.05, 3.63) is 47.5 Å². The molecule has 2 heterocycles. The van der Waals surface area contributed by atoms with Crippen LogP contribution < -0.4 is 4.90 Å². The maximum atomic E-state index is 6.54. The Morgan fingerprint density at radius 2 is 1.86 bits per heavy atom. The standard InChI is InChI=1S/C24H31ClN4/c1-3-7-18(4-2)17-28-12-14-29(15-13-28)19-10-11-21(25)20(16-19)24-26-22-8-5-6-9-23(22)27-24/h5-6,8-11,16,18H,3-4,7,12-15,17H2,1-2H3,(H,26,27). The highest BCUT2D eigenvalue weighted by Gasteiger charge is 2.20. The van der Waals surface area contributed by atoms with Crippen molar-refractivity contribution in [3.8, 4) is 11.4 Å². The van der Waals surface area contributed by atoms with Crippen LogP contribution >= 0.6 is 11.6 Å². The topological polar surface area (TPSA) is 35.2 Å². The normalized spacial score (nSPS) is 16.4. The third kappa shape index (κ3) is 4.59. The van der Waals surface area contributed by atoms with Crippen molar-refractivity contribution in [2.75, 3.05) is 37.6 Å². The minimum atomic E-state index is 0.733. The van der Waals surface area contributed by atoms with Crippen LogP contribution in [0.2, 0.25) is 5.02 Å². The molecule has 0 spiro atoms. The fraction of sp³-hybridized carbons (Fsp3) is 0.458. The van der Waals surface area contributed by atoms with Gasteiger partial charge in [-0.05, 0) is 42.7 Å². The van der Waals surface area contributed by atoms with Crippen LogP contribution in [0, 0.1) is 5.92 Å². The van der Waals surface area contributed by atoms with Crippen molar-refractivity contribution >= 4 is 28.3 Å². The van der Waals surface area contributed by atoms with Crippen LogP contribution in [0.15, 0.2) is 42.5 Å². The third-order valence-corrected chi connectivity index (χ3v) is 6.45. The molecule has 1 aliphatic rings. The van der Waals surface area contributed by atoms with Crippen molar-refractivity contribution in [1.82, 2.24) is 14.9 Å². The average molecular weight is 411 g/mol. The highest BCUT2D eigenvalue weighted by atomic mass is 35.5. The number of halogens is 1. The summed E-state index contributed by atoms with van der Waals surface area (Å²) in [6.45, 7) is 10.2. The van der Waals surface area contributed by atoms with E-state index in [1.54, 1.807) is 0 Å². The summed E-state index contributed by atoms with van der Waals surface area (Å²) in [5.41, 5.74) is 4.20. The first kappa shape index (κ1) is 20.2. The lowest BCUT2D eigenvalue weighted by Gasteiger charge is -2.37. The van der Waals surface area contributed by atoms with E-state index >= 15 is 0 Å². The van der Waals surface area contributed by atoms with E-state index in [1.165, 1.54) is 31.5 Å². The molecular formula is C24H31ClN4. The molecule has 154 valence electrons. The lowest BCUT2D eigenvalue weighted by molar-refractivity contribution is 0.209. The number of piperazine rings is 1. The Kier molecular flexibility index (Phi) is 6.41. The number of hydrogen-bond donors (Lipinski definition) is 1. The number of anilines is 1. The summed E-state index contributed by atoms with van der Waals surface area (Å²) in [5, 5.41) is 0.733. The fourth-order valence-electron chi connectivity index (χ4n) is 4.36. The van der Waals surface area contributed by atoms with Gasteiger partial charge >= 0.3 is 0 Å². The molecule has 1 saturated heterocycles. The fourth-order valence-corrected chi connectivity index (χ4v) is 4.57. The summed E-state index contributed by atoms with van der Waals surface area (Å²) in [5.74, 6) is 1.67. The second-order valence-corrected chi connectivity index (χ2v) is 8.52. The molecule has 0 aliphatic carbocycles. The molecule has 1 aromatic heterocycles. The van der Waals surface area contributed by atoms with E-state index in [1.807, 2.05) is 30.3 Å². The summed E-state index contributed by atoms with van der Waals surface area (Å²) in [7, 11) is 0. The van der Waals surface area contributed by atoms with Gasteiger partial charge in [0.1, 0.15) is 5.82 Å². The first-order valence-corrected chi connectivity index (χ1v) is 11.3. The molecule has 1 unspecified atom stereocenters. The van der Waals surface area contributed by atoms with Gasteiger partial charge in [0.05, 0.1) is 16.1 Å². The van der Waals surface area contributed by atoms with E-state index in [2.05, 4.69) is 40.8 Å². The maximum Gasteiger partial charge on any atom is 0.140 e. The number of nitrogens with zero attached hydrogens (tertiary/aromatic N) is 3. The third-order valence-electron chi connectivity index (χ3n) is 6.12. The van der Waals surface area contributed by atoms with Gasteiger partial charge in [-0.25, -0.2) is 4.98 Å². The number of H-pyrrole nitrogens is 1. The highest BCUT2D eigenvalue weighted by molar-refractivity contribution is 6.33. The number of nitrogens with one attached hydrogen (secondary N) is 1. The Morgan fingerprint density at radius 3 is 2.59 bits per heavy atom. The molecule has 1 N–H and O–H groups in total. The minimum Gasteiger partial charge on any atom is -0.369 e. The largest absolute Gasteiger partial charge is 0.369 e. The molecule has 0 radical (unpaired) electrons. The SMILES string of the molecule is CCCC(CC)CN1CCN(c2ccc(Cl)c(-c3nc4ccccc4[nH]3)c2)CC1. The van der Waals surface area contributed by atoms with Gasteiger partial charge in [0, 0.05) is 44.0 Å². The van der Waals surface area contributed by atoms with Crippen LogP contribution in [0.5, 0.6) is 0 Å². The molecule has 0 saturated carbocycles. The molecule has 0 amide bonds. The van der Waals surface area contributed by atoms with E-state index in [4.69, 9.17) is 16.6 Å². The van der Waals surface area contributed by atoms with Crippen molar-refractivity contribution in [2.45, 2.75) is 33.1 Å². The number of para-hydroxylation sites is 2. The van der Waals surface area contributed by atoms with Gasteiger partial charge in [-0.1, -0.05) is 50.4 Å². The Morgan fingerprint density at radius 1 is 1.07 bits per heavy atom. The quantitative estimate of drug-likeness (QED) is 0.532. The molecule has 5 heteroatoms. The number of hydrogen-bond acceptors (Lipinski definition) is 3. The van der Waals surface area contributed by atoms with Gasteiger partial charge in [0.25, 0.3) is 0 Å². The van der Waals surface area contributed by atoms with Crippen LogP contribution in [0.3, 0.4) is 0 Å². The van der Waals surface area contributed by atoms with Crippen molar-refractivity contribution in [3.63, 3.8) is 0 Å². The monoisotopic (exact) mass is 410 g/mol.